The van der Waals surface area contributed by atoms with Crippen LogP contribution in [0.25, 0.3) is 0 Å². The molecule has 0 spiro atoms. The van der Waals surface area contributed by atoms with E-state index in [1.807, 2.05) is 65.0 Å². The maximum atomic E-state index is 13.3. The summed E-state index contributed by atoms with van der Waals surface area (Å²) in [5, 5.41) is 0. The number of Topliss-reactive ketones (excluding diaryl/α,β-unsaturated/α-hetero) is 1. The molecule has 1 aromatic rings. The Morgan fingerprint density at radius 3 is 2.45 bits per heavy atom. The van der Waals surface area contributed by atoms with Crippen molar-refractivity contribution in [2.45, 2.75) is 90.2 Å². The molecular weight excluding hydrogens is 422 g/mol. The third-order valence-corrected chi connectivity index (χ3v) is 6.51. The lowest BCUT2D eigenvalue weighted by Crippen LogP contribution is -2.51. The van der Waals surface area contributed by atoms with E-state index in [4.69, 9.17) is 14.2 Å². The van der Waals surface area contributed by atoms with Gasteiger partial charge in [0, 0.05) is 12.8 Å². The van der Waals surface area contributed by atoms with E-state index in [-0.39, 0.29) is 36.2 Å². The number of ketones is 1. The summed E-state index contributed by atoms with van der Waals surface area (Å²) >= 11 is 0. The van der Waals surface area contributed by atoms with Gasteiger partial charge in [-0.2, -0.15) is 0 Å². The first-order chi connectivity index (χ1) is 15.4. The van der Waals surface area contributed by atoms with Gasteiger partial charge in [-0.15, -0.1) is 0 Å². The molecule has 0 radical (unpaired) electrons. The molecule has 1 saturated heterocycles. The van der Waals surface area contributed by atoms with Gasteiger partial charge < -0.3 is 14.2 Å². The number of methoxy groups -OCH3 is 1. The Bertz CT molecular complexity index is 859. The van der Waals surface area contributed by atoms with Crippen LogP contribution in [-0.4, -0.2) is 53.3 Å². The van der Waals surface area contributed by atoms with E-state index < -0.39 is 23.3 Å². The molecule has 0 N–H and O–H groups in total. The van der Waals surface area contributed by atoms with E-state index in [1.165, 1.54) is 7.11 Å². The highest BCUT2D eigenvalue weighted by Gasteiger charge is 2.52. The number of nitrogens with zero attached hydrogens (tertiary/aromatic N) is 1. The summed E-state index contributed by atoms with van der Waals surface area (Å²) in [6, 6.07) is 9.71. The van der Waals surface area contributed by atoms with Crippen molar-refractivity contribution in [1.29, 1.82) is 0 Å². The molecule has 1 saturated carbocycles. The molecule has 0 aromatic heterocycles. The Labute approximate surface area is 196 Å². The molecule has 3 rings (SSSR count). The molecule has 0 bridgehead atoms. The van der Waals surface area contributed by atoms with Crippen LogP contribution in [0.2, 0.25) is 0 Å². The zero-order valence-electron chi connectivity index (χ0n) is 20.6. The van der Waals surface area contributed by atoms with Gasteiger partial charge in [-0.3, -0.25) is 14.5 Å². The third-order valence-electron chi connectivity index (χ3n) is 6.51. The SMILES string of the molecule is COC(=O)C1CC(=O)CCC1CC1OC(C)(C)N(C(=O)OC(C)(C)C)C1Cc1ccccc1. The van der Waals surface area contributed by atoms with Crippen molar-refractivity contribution in [3.05, 3.63) is 35.9 Å². The van der Waals surface area contributed by atoms with Gasteiger partial charge in [0.2, 0.25) is 0 Å². The van der Waals surface area contributed by atoms with Crippen molar-refractivity contribution in [3.63, 3.8) is 0 Å². The van der Waals surface area contributed by atoms with Gasteiger partial charge in [0.25, 0.3) is 0 Å². The maximum Gasteiger partial charge on any atom is 0.412 e. The van der Waals surface area contributed by atoms with Gasteiger partial charge in [0.05, 0.1) is 25.2 Å². The summed E-state index contributed by atoms with van der Waals surface area (Å²) in [6.07, 6.45) is 1.71. The van der Waals surface area contributed by atoms with Crippen LogP contribution >= 0.6 is 0 Å². The fourth-order valence-corrected chi connectivity index (χ4v) is 5.09. The van der Waals surface area contributed by atoms with Gasteiger partial charge in [-0.1, -0.05) is 30.3 Å². The Morgan fingerprint density at radius 1 is 1.18 bits per heavy atom. The van der Waals surface area contributed by atoms with E-state index in [1.54, 1.807) is 4.90 Å². The number of esters is 1. The maximum absolute atomic E-state index is 13.3. The van der Waals surface area contributed by atoms with Gasteiger partial charge in [0.1, 0.15) is 17.1 Å². The summed E-state index contributed by atoms with van der Waals surface area (Å²) in [4.78, 5) is 39.5. The molecule has 4 unspecified atom stereocenters. The molecule has 1 aliphatic heterocycles. The van der Waals surface area contributed by atoms with Crippen LogP contribution in [0.4, 0.5) is 4.79 Å². The summed E-state index contributed by atoms with van der Waals surface area (Å²) in [7, 11) is 1.36. The Hall–Kier alpha value is -2.41. The zero-order valence-corrected chi connectivity index (χ0v) is 20.6. The number of benzene rings is 1. The molecule has 33 heavy (non-hydrogen) atoms. The highest BCUT2D eigenvalue weighted by molar-refractivity contribution is 5.85. The fraction of sp³-hybridized carbons (Fsp3) is 0.654. The van der Waals surface area contributed by atoms with Crippen molar-refractivity contribution in [2.24, 2.45) is 11.8 Å². The average molecular weight is 460 g/mol. The Kier molecular flexibility index (Phi) is 7.52. The van der Waals surface area contributed by atoms with Crippen molar-refractivity contribution < 1.29 is 28.6 Å². The second kappa shape index (κ2) is 9.84. The molecule has 4 atom stereocenters. The molecule has 1 heterocycles. The summed E-state index contributed by atoms with van der Waals surface area (Å²) < 4.78 is 17.2. The van der Waals surface area contributed by atoms with E-state index >= 15 is 0 Å². The Balaban J connectivity index is 1.90. The predicted molar refractivity (Wildman–Crippen MR) is 123 cm³/mol. The third kappa shape index (κ3) is 6.14. The molecule has 1 aromatic carbocycles. The van der Waals surface area contributed by atoms with Crippen LogP contribution < -0.4 is 0 Å². The van der Waals surface area contributed by atoms with Gasteiger partial charge in [-0.25, -0.2) is 4.79 Å². The van der Waals surface area contributed by atoms with Crippen molar-refractivity contribution in [1.82, 2.24) is 4.90 Å². The molecule has 7 heteroatoms. The smallest absolute Gasteiger partial charge is 0.412 e. The number of hydrogen-bond donors (Lipinski definition) is 0. The predicted octanol–water partition coefficient (Wildman–Crippen LogP) is 4.52. The topological polar surface area (TPSA) is 82.1 Å². The number of hydrogen-bond acceptors (Lipinski definition) is 6. The first-order valence-corrected chi connectivity index (χ1v) is 11.7. The average Bonchev–Trinajstić information content (AvgIpc) is 2.97. The van der Waals surface area contributed by atoms with Crippen molar-refractivity contribution >= 4 is 17.8 Å². The van der Waals surface area contributed by atoms with E-state index in [2.05, 4.69) is 0 Å². The lowest BCUT2D eigenvalue weighted by atomic mass is 9.75. The second-order valence-corrected chi connectivity index (χ2v) is 10.6. The van der Waals surface area contributed by atoms with E-state index in [9.17, 15) is 14.4 Å². The minimum Gasteiger partial charge on any atom is -0.469 e. The van der Waals surface area contributed by atoms with Gasteiger partial charge in [-0.05, 0) is 65.4 Å². The number of carbonyl (C=O) groups is 3. The van der Waals surface area contributed by atoms with Crippen LogP contribution in [0.5, 0.6) is 0 Å². The molecule has 1 aliphatic carbocycles. The fourth-order valence-electron chi connectivity index (χ4n) is 5.09. The van der Waals surface area contributed by atoms with Crippen LogP contribution in [0, 0.1) is 11.8 Å². The lowest BCUT2D eigenvalue weighted by molar-refractivity contribution is -0.152. The number of ether oxygens (including phenoxy) is 3. The quantitative estimate of drug-likeness (QED) is 0.602. The number of carbonyl (C=O) groups excluding carboxylic acids is 3. The summed E-state index contributed by atoms with van der Waals surface area (Å²) in [5.41, 5.74) is -0.425. The summed E-state index contributed by atoms with van der Waals surface area (Å²) in [5.74, 6) is -0.789. The monoisotopic (exact) mass is 459 g/mol. The normalized spacial score (nSPS) is 27.3. The number of rotatable bonds is 5. The second-order valence-electron chi connectivity index (χ2n) is 10.6. The largest absolute Gasteiger partial charge is 0.469 e. The molecule has 2 aliphatic rings. The van der Waals surface area contributed by atoms with Crippen LogP contribution in [0.3, 0.4) is 0 Å². The molecule has 1 amide bonds. The lowest BCUT2D eigenvalue weighted by Gasteiger charge is -2.35. The van der Waals surface area contributed by atoms with Crippen LogP contribution in [0.15, 0.2) is 30.3 Å². The van der Waals surface area contributed by atoms with Crippen LogP contribution in [0.1, 0.15) is 65.9 Å². The number of amides is 1. The highest BCUT2D eigenvalue weighted by atomic mass is 16.6. The van der Waals surface area contributed by atoms with Crippen molar-refractivity contribution in [3.8, 4) is 0 Å². The van der Waals surface area contributed by atoms with Crippen molar-refractivity contribution in [2.75, 3.05) is 7.11 Å². The molecular formula is C26H37NO6. The molecule has 182 valence electrons. The minimum absolute atomic E-state index is 0.0483. The van der Waals surface area contributed by atoms with Crippen LogP contribution in [-0.2, 0) is 30.2 Å². The highest BCUT2D eigenvalue weighted by Crippen LogP contribution is 2.41. The van der Waals surface area contributed by atoms with E-state index in [0.717, 1.165) is 5.56 Å². The molecule has 7 nitrogen and oxygen atoms in total. The standard InChI is InChI=1S/C26H37NO6/c1-25(2,3)33-24(30)27-21(14-17-10-8-7-9-11-17)22(32-26(27,4)5)15-18-12-13-19(28)16-20(18)23(29)31-6/h7-11,18,20-22H,12-16H2,1-6H3. The van der Waals surface area contributed by atoms with Gasteiger partial charge >= 0.3 is 12.1 Å². The van der Waals surface area contributed by atoms with E-state index in [0.29, 0.717) is 25.7 Å². The molecule has 2 fully saturated rings. The van der Waals surface area contributed by atoms with Gasteiger partial charge in [0.15, 0.2) is 0 Å². The Morgan fingerprint density at radius 2 is 1.85 bits per heavy atom. The minimum atomic E-state index is -0.877. The first-order valence-electron chi connectivity index (χ1n) is 11.7. The zero-order chi connectivity index (χ0) is 24.4. The first kappa shape index (κ1) is 25.2. The summed E-state index contributed by atoms with van der Waals surface area (Å²) in [6.45, 7) is 9.28.